The number of phenols is 1. The van der Waals surface area contributed by atoms with E-state index in [-0.39, 0.29) is 5.75 Å². The highest BCUT2D eigenvalue weighted by Crippen LogP contribution is 2.20. The van der Waals surface area contributed by atoms with E-state index in [0.717, 1.165) is 0 Å². The molecule has 13 heavy (non-hydrogen) atoms. The van der Waals surface area contributed by atoms with E-state index in [1.807, 2.05) is 0 Å². The van der Waals surface area contributed by atoms with E-state index in [0.29, 0.717) is 22.9 Å². The summed E-state index contributed by atoms with van der Waals surface area (Å²) in [6.07, 6.45) is 0.605. The molecule has 0 saturated carbocycles. The maximum Gasteiger partial charge on any atom is 0.131 e. The van der Waals surface area contributed by atoms with Crippen LogP contribution in [0.3, 0.4) is 0 Å². The second kappa shape index (κ2) is 5.01. The van der Waals surface area contributed by atoms with Crippen LogP contribution in [0.4, 0.5) is 0 Å². The third-order valence-corrected chi connectivity index (χ3v) is 1.83. The van der Waals surface area contributed by atoms with Crippen LogP contribution in [0.15, 0.2) is 18.2 Å². The lowest BCUT2D eigenvalue weighted by Crippen LogP contribution is -1.77. The van der Waals surface area contributed by atoms with Gasteiger partial charge < -0.3 is 5.11 Å². The molecule has 0 aliphatic rings. The molecule has 0 atom stereocenters. The normalized spacial score (nSPS) is 9.08. The Morgan fingerprint density at radius 2 is 2.15 bits per heavy atom. The second-order valence-corrected chi connectivity index (χ2v) is 3.22. The van der Waals surface area contributed by atoms with Gasteiger partial charge in [-0.15, -0.1) is 11.6 Å². The van der Waals surface area contributed by atoms with Gasteiger partial charge in [0.15, 0.2) is 0 Å². The van der Waals surface area contributed by atoms with Crippen molar-refractivity contribution in [2.24, 2.45) is 0 Å². The van der Waals surface area contributed by atoms with Gasteiger partial charge >= 0.3 is 0 Å². The fourth-order valence-corrected chi connectivity index (χ4v) is 1.08. The minimum Gasteiger partial charge on any atom is -0.507 e. The minimum atomic E-state index is 0.145. The van der Waals surface area contributed by atoms with Crippen molar-refractivity contribution in [3.05, 3.63) is 28.8 Å². The lowest BCUT2D eigenvalue weighted by atomic mass is 10.2. The summed E-state index contributed by atoms with van der Waals surface area (Å²) in [5, 5.41) is 9.90. The van der Waals surface area contributed by atoms with Crippen LogP contribution in [0.2, 0.25) is 5.02 Å². The van der Waals surface area contributed by atoms with Gasteiger partial charge in [-0.1, -0.05) is 23.4 Å². The number of hydrogen-bond donors (Lipinski definition) is 1. The van der Waals surface area contributed by atoms with E-state index < -0.39 is 0 Å². The molecular weight excluding hydrogens is 207 g/mol. The van der Waals surface area contributed by atoms with E-state index in [9.17, 15) is 5.11 Å². The lowest BCUT2D eigenvalue weighted by molar-refractivity contribution is 0.473. The van der Waals surface area contributed by atoms with Gasteiger partial charge in [-0.3, -0.25) is 0 Å². The zero-order valence-corrected chi connectivity index (χ0v) is 8.36. The molecular formula is C10H8Cl2O. The summed E-state index contributed by atoms with van der Waals surface area (Å²) in [6.45, 7) is 0. The Labute approximate surface area is 87.3 Å². The van der Waals surface area contributed by atoms with Gasteiger partial charge in [0.25, 0.3) is 0 Å². The molecule has 0 bridgehead atoms. The standard InChI is InChI=1S/C10H8Cl2O/c11-6-2-1-3-8-7-9(12)4-5-10(8)13/h4-5,7,13H,2,6H2. The maximum atomic E-state index is 9.34. The highest BCUT2D eigenvalue weighted by Gasteiger charge is 1.97. The molecule has 1 rings (SSSR count). The highest BCUT2D eigenvalue weighted by molar-refractivity contribution is 6.30. The second-order valence-electron chi connectivity index (χ2n) is 2.40. The summed E-state index contributed by atoms with van der Waals surface area (Å²) in [6, 6.07) is 4.76. The van der Waals surface area contributed by atoms with Crippen LogP contribution in [-0.2, 0) is 0 Å². The number of benzene rings is 1. The molecule has 0 unspecified atom stereocenters. The summed E-state index contributed by atoms with van der Waals surface area (Å²) in [5.41, 5.74) is 0.539. The minimum absolute atomic E-state index is 0.145. The first-order chi connectivity index (χ1) is 6.24. The fourth-order valence-electron chi connectivity index (χ4n) is 0.813. The first-order valence-electron chi connectivity index (χ1n) is 3.77. The SMILES string of the molecule is Oc1ccc(Cl)cc1C#CCCCl. The smallest absolute Gasteiger partial charge is 0.131 e. The van der Waals surface area contributed by atoms with E-state index in [4.69, 9.17) is 23.2 Å². The van der Waals surface area contributed by atoms with E-state index in [2.05, 4.69) is 11.8 Å². The fraction of sp³-hybridized carbons (Fsp3) is 0.200. The monoisotopic (exact) mass is 214 g/mol. The Hall–Kier alpha value is -0.840. The zero-order valence-electron chi connectivity index (χ0n) is 6.85. The van der Waals surface area contributed by atoms with Crippen LogP contribution in [0, 0.1) is 11.8 Å². The van der Waals surface area contributed by atoms with Crippen LogP contribution in [0.5, 0.6) is 5.75 Å². The predicted molar refractivity (Wildman–Crippen MR) is 55.3 cm³/mol. The van der Waals surface area contributed by atoms with Crippen molar-refractivity contribution in [3.63, 3.8) is 0 Å². The van der Waals surface area contributed by atoms with Gasteiger partial charge in [-0.25, -0.2) is 0 Å². The van der Waals surface area contributed by atoms with Crippen molar-refractivity contribution in [3.8, 4) is 17.6 Å². The summed E-state index contributed by atoms with van der Waals surface area (Å²) in [7, 11) is 0. The van der Waals surface area contributed by atoms with Crippen LogP contribution in [0.1, 0.15) is 12.0 Å². The number of alkyl halides is 1. The molecule has 0 amide bonds. The molecule has 68 valence electrons. The Morgan fingerprint density at radius 3 is 2.85 bits per heavy atom. The van der Waals surface area contributed by atoms with Gasteiger partial charge in [0.2, 0.25) is 0 Å². The highest BCUT2D eigenvalue weighted by atomic mass is 35.5. The van der Waals surface area contributed by atoms with Crippen molar-refractivity contribution in [1.29, 1.82) is 0 Å². The number of halogens is 2. The van der Waals surface area contributed by atoms with Gasteiger partial charge in [-0.05, 0) is 18.2 Å². The molecule has 1 aromatic carbocycles. The van der Waals surface area contributed by atoms with Gasteiger partial charge in [-0.2, -0.15) is 0 Å². The number of phenolic OH excluding ortho intramolecular Hbond substituents is 1. The molecule has 1 nitrogen and oxygen atoms in total. The van der Waals surface area contributed by atoms with Crippen LogP contribution in [0.25, 0.3) is 0 Å². The lowest BCUT2D eigenvalue weighted by Gasteiger charge is -1.96. The van der Waals surface area contributed by atoms with Crippen molar-refractivity contribution in [2.45, 2.75) is 6.42 Å². The zero-order chi connectivity index (χ0) is 9.68. The quantitative estimate of drug-likeness (QED) is 0.563. The third-order valence-electron chi connectivity index (χ3n) is 1.40. The van der Waals surface area contributed by atoms with Crippen molar-refractivity contribution >= 4 is 23.2 Å². The van der Waals surface area contributed by atoms with Crippen molar-refractivity contribution in [2.75, 3.05) is 5.88 Å². The molecule has 1 N–H and O–H groups in total. The van der Waals surface area contributed by atoms with Crippen LogP contribution in [-0.4, -0.2) is 11.0 Å². The molecule has 0 aliphatic carbocycles. The van der Waals surface area contributed by atoms with E-state index in [1.54, 1.807) is 12.1 Å². The topological polar surface area (TPSA) is 20.2 Å². The number of aromatic hydroxyl groups is 1. The number of hydrogen-bond acceptors (Lipinski definition) is 1. The van der Waals surface area contributed by atoms with Gasteiger partial charge in [0, 0.05) is 17.3 Å². The molecule has 0 radical (unpaired) electrons. The first kappa shape index (κ1) is 10.2. The number of rotatable bonds is 1. The molecule has 1 aromatic rings. The van der Waals surface area contributed by atoms with Gasteiger partial charge in [0.1, 0.15) is 5.75 Å². The molecule has 0 aromatic heterocycles. The van der Waals surface area contributed by atoms with Crippen molar-refractivity contribution in [1.82, 2.24) is 0 Å². The van der Waals surface area contributed by atoms with Crippen molar-refractivity contribution < 1.29 is 5.11 Å². The van der Waals surface area contributed by atoms with E-state index >= 15 is 0 Å². The Morgan fingerprint density at radius 1 is 1.38 bits per heavy atom. The Kier molecular flexibility index (Phi) is 3.95. The molecule has 0 heterocycles. The average molecular weight is 215 g/mol. The molecule has 0 fully saturated rings. The third kappa shape index (κ3) is 3.18. The Bertz CT molecular complexity index is 350. The first-order valence-corrected chi connectivity index (χ1v) is 4.68. The molecule has 0 spiro atoms. The molecule has 0 aliphatic heterocycles. The van der Waals surface area contributed by atoms with Crippen LogP contribution < -0.4 is 0 Å². The average Bonchev–Trinajstić information content (AvgIpc) is 2.11. The predicted octanol–water partition coefficient (Wildman–Crippen LogP) is 3.03. The maximum absolute atomic E-state index is 9.34. The summed E-state index contributed by atoms with van der Waals surface area (Å²) in [4.78, 5) is 0. The summed E-state index contributed by atoms with van der Waals surface area (Å²) in [5.74, 6) is 6.24. The summed E-state index contributed by atoms with van der Waals surface area (Å²) < 4.78 is 0. The van der Waals surface area contributed by atoms with E-state index in [1.165, 1.54) is 6.07 Å². The molecule has 3 heteroatoms. The molecule has 0 saturated heterocycles. The Balaban J connectivity index is 2.89. The van der Waals surface area contributed by atoms with Gasteiger partial charge in [0.05, 0.1) is 5.56 Å². The largest absolute Gasteiger partial charge is 0.507 e. The van der Waals surface area contributed by atoms with Crippen LogP contribution >= 0.6 is 23.2 Å². The summed E-state index contributed by atoms with van der Waals surface area (Å²) >= 11 is 11.2.